The Bertz CT molecular complexity index is 761. The fourth-order valence-corrected chi connectivity index (χ4v) is 2.63. The molecule has 23 heavy (non-hydrogen) atoms. The molecule has 1 aliphatic heterocycles. The molecule has 3 heterocycles. The van der Waals surface area contributed by atoms with Crippen LogP contribution < -0.4 is 10.5 Å². The number of rotatable bonds is 2. The Morgan fingerprint density at radius 2 is 1.83 bits per heavy atom. The van der Waals surface area contributed by atoms with E-state index in [0.29, 0.717) is 26.2 Å². The zero-order valence-corrected chi connectivity index (χ0v) is 13.3. The monoisotopic (exact) mass is 313 g/mol. The van der Waals surface area contributed by atoms with Gasteiger partial charge in [0.1, 0.15) is 5.56 Å². The first kappa shape index (κ1) is 15.2. The van der Waals surface area contributed by atoms with E-state index >= 15 is 0 Å². The molecule has 3 rings (SSSR count). The number of carbonyl (C=O) groups is 1. The van der Waals surface area contributed by atoms with Gasteiger partial charge in [0.25, 0.3) is 11.5 Å². The van der Waals surface area contributed by atoms with Crippen molar-refractivity contribution in [2.45, 2.75) is 6.92 Å². The normalized spacial score (nSPS) is 14.9. The van der Waals surface area contributed by atoms with Crippen LogP contribution >= 0.6 is 0 Å². The molecule has 0 atom stereocenters. The van der Waals surface area contributed by atoms with Crippen LogP contribution in [0.3, 0.4) is 0 Å². The maximum atomic E-state index is 12.5. The van der Waals surface area contributed by atoms with Crippen LogP contribution in [0.1, 0.15) is 16.1 Å². The minimum Gasteiger partial charge on any atom is -0.352 e. The summed E-state index contributed by atoms with van der Waals surface area (Å²) < 4.78 is 1.42. The Hall–Kier alpha value is -2.70. The summed E-state index contributed by atoms with van der Waals surface area (Å²) in [5, 5.41) is 8.24. The van der Waals surface area contributed by atoms with Gasteiger partial charge in [-0.3, -0.25) is 9.59 Å². The van der Waals surface area contributed by atoms with Crippen molar-refractivity contribution in [3.8, 4) is 0 Å². The third-order valence-corrected chi connectivity index (χ3v) is 4.03. The fraction of sp³-hybridized carbons (Fsp3) is 0.375. The molecule has 0 saturated carbocycles. The zero-order chi connectivity index (χ0) is 16.4. The summed E-state index contributed by atoms with van der Waals surface area (Å²) in [5.74, 6) is 0.610. The van der Waals surface area contributed by atoms with E-state index in [9.17, 15) is 9.59 Å². The molecule has 0 unspecified atom stereocenters. The molecule has 1 fully saturated rings. The molecule has 0 aromatic carbocycles. The van der Waals surface area contributed by atoms with Gasteiger partial charge in [-0.05, 0) is 31.2 Å². The molecule has 2 aromatic rings. The van der Waals surface area contributed by atoms with Gasteiger partial charge in [0.15, 0.2) is 5.82 Å². The first-order valence-corrected chi connectivity index (χ1v) is 7.56. The maximum Gasteiger partial charge on any atom is 0.263 e. The molecule has 1 saturated heterocycles. The number of aryl methyl sites for hydroxylation is 2. The van der Waals surface area contributed by atoms with Crippen molar-refractivity contribution in [2.75, 3.05) is 31.1 Å². The lowest BCUT2D eigenvalue weighted by atomic mass is 10.2. The van der Waals surface area contributed by atoms with Crippen molar-refractivity contribution in [3.05, 3.63) is 52.1 Å². The first-order valence-electron chi connectivity index (χ1n) is 7.56. The van der Waals surface area contributed by atoms with Gasteiger partial charge in [-0.15, -0.1) is 5.10 Å². The molecule has 7 heteroatoms. The molecule has 0 aliphatic carbocycles. The molecule has 120 valence electrons. The minimum absolute atomic E-state index is 0.208. The molecule has 1 aliphatic rings. The van der Waals surface area contributed by atoms with Crippen LogP contribution in [0, 0.1) is 6.92 Å². The van der Waals surface area contributed by atoms with E-state index in [1.54, 1.807) is 30.3 Å². The second kappa shape index (κ2) is 6.20. The number of nitrogens with zero attached hydrogens (tertiary/aromatic N) is 5. The SMILES string of the molecule is Cc1ccc(N2CCN(C(=O)c3cccn(C)c3=O)CC2)nn1. The highest BCUT2D eigenvalue weighted by molar-refractivity contribution is 5.94. The first-order chi connectivity index (χ1) is 11.1. The quantitative estimate of drug-likeness (QED) is 0.805. The smallest absolute Gasteiger partial charge is 0.263 e. The lowest BCUT2D eigenvalue weighted by Crippen LogP contribution is -2.50. The Balaban J connectivity index is 1.69. The minimum atomic E-state index is -0.260. The van der Waals surface area contributed by atoms with E-state index in [4.69, 9.17) is 0 Å². The highest BCUT2D eigenvalue weighted by Gasteiger charge is 2.24. The number of hydrogen-bond acceptors (Lipinski definition) is 5. The van der Waals surface area contributed by atoms with Crippen LogP contribution in [-0.2, 0) is 7.05 Å². The van der Waals surface area contributed by atoms with Crippen LogP contribution in [0.25, 0.3) is 0 Å². The Morgan fingerprint density at radius 3 is 2.48 bits per heavy atom. The molecular formula is C16H19N5O2. The van der Waals surface area contributed by atoms with Crippen molar-refractivity contribution in [3.63, 3.8) is 0 Å². The van der Waals surface area contributed by atoms with Gasteiger partial charge >= 0.3 is 0 Å². The number of aromatic nitrogens is 3. The molecule has 0 N–H and O–H groups in total. The van der Waals surface area contributed by atoms with Gasteiger partial charge in [-0.2, -0.15) is 5.10 Å². The van der Waals surface area contributed by atoms with Gasteiger partial charge in [0, 0.05) is 39.4 Å². The van der Waals surface area contributed by atoms with Crippen LogP contribution in [0.5, 0.6) is 0 Å². The Kier molecular flexibility index (Phi) is 4.10. The maximum absolute atomic E-state index is 12.5. The average molecular weight is 313 g/mol. The summed E-state index contributed by atoms with van der Waals surface area (Å²) >= 11 is 0. The second-order valence-electron chi connectivity index (χ2n) is 5.65. The van der Waals surface area contributed by atoms with Gasteiger partial charge in [0.05, 0.1) is 5.69 Å². The van der Waals surface area contributed by atoms with Crippen molar-refractivity contribution in [1.29, 1.82) is 0 Å². The standard InChI is InChI=1S/C16H19N5O2/c1-12-5-6-14(18-17-12)20-8-10-21(11-9-20)16(23)13-4-3-7-19(2)15(13)22/h3-7H,8-11H2,1-2H3. The average Bonchev–Trinajstić information content (AvgIpc) is 2.58. The van der Waals surface area contributed by atoms with Crippen molar-refractivity contribution < 1.29 is 4.79 Å². The number of piperazine rings is 1. The third-order valence-electron chi connectivity index (χ3n) is 4.03. The van der Waals surface area contributed by atoms with Gasteiger partial charge in [-0.1, -0.05) is 0 Å². The molecule has 2 aromatic heterocycles. The van der Waals surface area contributed by atoms with Crippen LogP contribution in [-0.4, -0.2) is 51.8 Å². The summed E-state index contributed by atoms with van der Waals surface area (Å²) in [6, 6.07) is 7.16. The van der Waals surface area contributed by atoms with Crippen molar-refractivity contribution in [2.24, 2.45) is 7.05 Å². The molecule has 1 amide bonds. The number of hydrogen-bond donors (Lipinski definition) is 0. The molecule has 0 bridgehead atoms. The second-order valence-corrected chi connectivity index (χ2v) is 5.65. The van der Waals surface area contributed by atoms with E-state index in [0.717, 1.165) is 11.5 Å². The molecule has 7 nitrogen and oxygen atoms in total. The molecule has 0 radical (unpaired) electrons. The van der Waals surface area contributed by atoms with E-state index in [-0.39, 0.29) is 17.0 Å². The predicted octanol–water partition coefficient (Wildman–Crippen LogP) is 0.446. The lowest BCUT2D eigenvalue weighted by Gasteiger charge is -2.35. The van der Waals surface area contributed by atoms with Gasteiger partial charge in [0.2, 0.25) is 0 Å². The number of pyridine rings is 1. The highest BCUT2D eigenvalue weighted by Crippen LogP contribution is 2.13. The number of anilines is 1. The number of amides is 1. The van der Waals surface area contributed by atoms with E-state index in [1.807, 2.05) is 19.1 Å². The van der Waals surface area contributed by atoms with Crippen molar-refractivity contribution >= 4 is 11.7 Å². The Labute approximate surface area is 134 Å². The van der Waals surface area contributed by atoms with Gasteiger partial charge < -0.3 is 14.4 Å². The summed E-state index contributed by atoms with van der Waals surface area (Å²) in [6.45, 7) is 4.37. The summed E-state index contributed by atoms with van der Waals surface area (Å²) in [6.07, 6.45) is 1.65. The summed E-state index contributed by atoms with van der Waals surface area (Å²) in [4.78, 5) is 28.4. The van der Waals surface area contributed by atoms with Gasteiger partial charge in [-0.25, -0.2) is 0 Å². The topological polar surface area (TPSA) is 71.3 Å². The number of carbonyl (C=O) groups excluding carboxylic acids is 1. The van der Waals surface area contributed by atoms with Crippen LogP contribution in [0.2, 0.25) is 0 Å². The zero-order valence-electron chi connectivity index (χ0n) is 13.3. The largest absolute Gasteiger partial charge is 0.352 e. The van der Waals surface area contributed by atoms with Crippen LogP contribution in [0.4, 0.5) is 5.82 Å². The molecular weight excluding hydrogens is 294 g/mol. The van der Waals surface area contributed by atoms with E-state index in [1.165, 1.54) is 4.57 Å². The van der Waals surface area contributed by atoms with E-state index in [2.05, 4.69) is 15.1 Å². The van der Waals surface area contributed by atoms with E-state index < -0.39 is 0 Å². The van der Waals surface area contributed by atoms with Crippen molar-refractivity contribution in [1.82, 2.24) is 19.7 Å². The molecule has 0 spiro atoms. The lowest BCUT2D eigenvalue weighted by molar-refractivity contribution is 0.0744. The van der Waals surface area contributed by atoms with Crippen LogP contribution in [0.15, 0.2) is 35.3 Å². The highest BCUT2D eigenvalue weighted by atomic mass is 16.2. The predicted molar refractivity (Wildman–Crippen MR) is 86.6 cm³/mol. The Morgan fingerprint density at radius 1 is 1.09 bits per heavy atom. The summed E-state index contributed by atoms with van der Waals surface area (Å²) in [7, 11) is 1.65. The summed E-state index contributed by atoms with van der Waals surface area (Å²) in [5.41, 5.74) is 0.838. The fourth-order valence-electron chi connectivity index (χ4n) is 2.63. The third kappa shape index (κ3) is 3.08.